The van der Waals surface area contributed by atoms with E-state index in [4.69, 9.17) is 11.6 Å². The number of hydrogen-bond donors (Lipinski definition) is 2. The normalized spacial score (nSPS) is 16.7. The number of H-pyrrole nitrogens is 1. The first-order valence-electron chi connectivity index (χ1n) is 8.38. The molecule has 128 valence electrons. The monoisotopic (exact) mass is 356 g/mol. The average molecular weight is 357 g/mol. The highest BCUT2D eigenvalue weighted by atomic mass is 35.5. The number of fused-ring (bicyclic) bond motifs is 3. The van der Waals surface area contributed by atoms with Crippen LogP contribution in [0, 0.1) is 12.7 Å². The van der Waals surface area contributed by atoms with E-state index in [9.17, 15) is 9.18 Å². The predicted octanol–water partition coefficient (Wildman–Crippen LogP) is 4.56. The van der Waals surface area contributed by atoms with E-state index < -0.39 is 11.7 Å². The number of aromatic amines is 1. The lowest BCUT2D eigenvalue weighted by Crippen LogP contribution is -2.39. The second-order valence-electron chi connectivity index (χ2n) is 6.64. The van der Waals surface area contributed by atoms with Crippen molar-refractivity contribution < 1.29 is 9.18 Å². The molecule has 1 aliphatic rings. The molecule has 5 heteroatoms. The maximum absolute atomic E-state index is 13.9. The standard InChI is InChI=1S/C20H18ClFN2O/c1-11-5-8-17-14(9-11)13-7-6-12(10-18(13)24-17)23-20(25)19-15(21)3-2-4-16(19)22/h2-5,8-9,12,24H,6-7,10H2,1H3,(H,23,25). The highest BCUT2D eigenvalue weighted by Gasteiger charge is 2.25. The van der Waals surface area contributed by atoms with Crippen LogP contribution in [0.4, 0.5) is 4.39 Å². The molecule has 4 rings (SSSR count). The summed E-state index contributed by atoms with van der Waals surface area (Å²) in [6, 6.07) is 10.6. The summed E-state index contributed by atoms with van der Waals surface area (Å²) in [6.07, 6.45) is 2.42. The molecular weight excluding hydrogens is 339 g/mol. The van der Waals surface area contributed by atoms with Crippen molar-refractivity contribution in [3.05, 3.63) is 69.6 Å². The number of carbonyl (C=O) groups excluding carboxylic acids is 1. The largest absolute Gasteiger partial charge is 0.358 e. The highest BCUT2D eigenvalue weighted by molar-refractivity contribution is 6.33. The summed E-state index contributed by atoms with van der Waals surface area (Å²) in [7, 11) is 0. The molecule has 3 nitrogen and oxygen atoms in total. The zero-order chi connectivity index (χ0) is 17.6. The molecule has 0 fully saturated rings. The third-order valence-corrected chi connectivity index (χ3v) is 5.18. The number of aryl methyl sites for hydroxylation is 2. The molecule has 0 bridgehead atoms. The van der Waals surface area contributed by atoms with Crippen LogP contribution in [0.3, 0.4) is 0 Å². The van der Waals surface area contributed by atoms with E-state index in [2.05, 4.69) is 35.4 Å². The fourth-order valence-electron chi connectivity index (χ4n) is 3.64. The Labute approximate surface area is 150 Å². The first kappa shape index (κ1) is 16.2. The van der Waals surface area contributed by atoms with Gasteiger partial charge in [-0.2, -0.15) is 0 Å². The van der Waals surface area contributed by atoms with E-state index in [0.717, 1.165) is 24.1 Å². The fraction of sp³-hybridized carbons (Fsp3) is 0.250. The van der Waals surface area contributed by atoms with Gasteiger partial charge in [0.2, 0.25) is 0 Å². The maximum atomic E-state index is 13.9. The molecule has 2 aromatic carbocycles. The Bertz CT molecular complexity index is 959. The van der Waals surface area contributed by atoms with Crippen LogP contribution in [0.1, 0.15) is 33.6 Å². The van der Waals surface area contributed by atoms with Crippen LogP contribution in [0.25, 0.3) is 10.9 Å². The van der Waals surface area contributed by atoms with E-state index in [0.29, 0.717) is 6.42 Å². The molecule has 1 unspecified atom stereocenters. The molecule has 3 aromatic rings. The van der Waals surface area contributed by atoms with Crippen LogP contribution in [0.2, 0.25) is 5.02 Å². The quantitative estimate of drug-likeness (QED) is 0.694. The van der Waals surface area contributed by atoms with Crippen LogP contribution in [-0.4, -0.2) is 16.9 Å². The topological polar surface area (TPSA) is 44.9 Å². The Morgan fingerprint density at radius 1 is 1.32 bits per heavy atom. The first-order valence-corrected chi connectivity index (χ1v) is 8.75. The van der Waals surface area contributed by atoms with Crippen LogP contribution < -0.4 is 5.32 Å². The van der Waals surface area contributed by atoms with Gasteiger partial charge < -0.3 is 10.3 Å². The Kier molecular flexibility index (Phi) is 4.00. The third kappa shape index (κ3) is 2.91. The molecule has 0 spiro atoms. The van der Waals surface area contributed by atoms with Gasteiger partial charge in [0.1, 0.15) is 5.82 Å². The average Bonchev–Trinajstić information content (AvgIpc) is 2.91. The van der Waals surface area contributed by atoms with Crippen LogP contribution in [0.15, 0.2) is 36.4 Å². The predicted molar refractivity (Wildman–Crippen MR) is 97.7 cm³/mol. The SMILES string of the molecule is Cc1ccc2[nH]c3c(c2c1)CCC(NC(=O)c1c(F)cccc1Cl)C3. The highest BCUT2D eigenvalue weighted by Crippen LogP contribution is 2.30. The molecule has 1 aliphatic carbocycles. The van der Waals surface area contributed by atoms with Crippen molar-refractivity contribution in [3.8, 4) is 0 Å². The van der Waals surface area contributed by atoms with Gasteiger partial charge in [-0.15, -0.1) is 0 Å². The molecule has 2 N–H and O–H groups in total. The van der Waals surface area contributed by atoms with Gasteiger partial charge in [0, 0.05) is 29.1 Å². The summed E-state index contributed by atoms with van der Waals surface area (Å²) < 4.78 is 13.9. The lowest BCUT2D eigenvalue weighted by atomic mass is 9.91. The van der Waals surface area contributed by atoms with Crippen LogP contribution in [-0.2, 0) is 12.8 Å². The minimum Gasteiger partial charge on any atom is -0.358 e. The Hall–Kier alpha value is -2.33. The lowest BCUT2D eigenvalue weighted by molar-refractivity contribution is 0.0929. The summed E-state index contributed by atoms with van der Waals surface area (Å²) in [4.78, 5) is 15.9. The van der Waals surface area contributed by atoms with Crippen molar-refractivity contribution in [3.63, 3.8) is 0 Å². The molecule has 1 heterocycles. The van der Waals surface area contributed by atoms with Crippen LogP contribution in [0.5, 0.6) is 0 Å². The van der Waals surface area contributed by atoms with Crippen molar-refractivity contribution in [1.82, 2.24) is 10.3 Å². The number of amides is 1. The summed E-state index contributed by atoms with van der Waals surface area (Å²) in [5.74, 6) is -1.05. The van der Waals surface area contributed by atoms with E-state index >= 15 is 0 Å². The Morgan fingerprint density at radius 3 is 2.96 bits per heavy atom. The van der Waals surface area contributed by atoms with Gasteiger partial charge >= 0.3 is 0 Å². The van der Waals surface area contributed by atoms with E-state index in [1.54, 1.807) is 0 Å². The molecule has 0 saturated heterocycles. The van der Waals surface area contributed by atoms with Gasteiger partial charge in [-0.25, -0.2) is 4.39 Å². The van der Waals surface area contributed by atoms with Gasteiger partial charge in [-0.3, -0.25) is 4.79 Å². The number of aromatic nitrogens is 1. The summed E-state index contributed by atoms with van der Waals surface area (Å²) in [6.45, 7) is 2.09. The number of benzene rings is 2. The Balaban J connectivity index is 1.57. The molecule has 0 aliphatic heterocycles. The van der Waals surface area contributed by atoms with Crippen molar-refractivity contribution in [2.45, 2.75) is 32.2 Å². The first-order chi connectivity index (χ1) is 12.0. The van der Waals surface area contributed by atoms with Gasteiger partial charge in [0.05, 0.1) is 10.6 Å². The van der Waals surface area contributed by atoms with Crippen molar-refractivity contribution in [1.29, 1.82) is 0 Å². The maximum Gasteiger partial charge on any atom is 0.256 e. The Morgan fingerprint density at radius 2 is 2.16 bits per heavy atom. The number of rotatable bonds is 2. The summed E-state index contributed by atoms with van der Waals surface area (Å²) >= 11 is 5.98. The number of hydrogen-bond acceptors (Lipinski definition) is 1. The van der Waals surface area contributed by atoms with E-state index in [1.807, 2.05) is 0 Å². The molecule has 0 saturated carbocycles. The van der Waals surface area contributed by atoms with Crippen LogP contribution >= 0.6 is 11.6 Å². The van der Waals surface area contributed by atoms with Gasteiger partial charge in [-0.05, 0) is 49.6 Å². The van der Waals surface area contributed by atoms with Gasteiger partial charge in [-0.1, -0.05) is 29.3 Å². The van der Waals surface area contributed by atoms with Crippen molar-refractivity contribution in [2.75, 3.05) is 0 Å². The molecular formula is C20H18ClFN2O. The second-order valence-corrected chi connectivity index (χ2v) is 7.05. The number of carbonyl (C=O) groups is 1. The van der Waals surface area contributed by atoms with E-state index in [-0.39, 0.29) is 16.6 Å². The summed E-state index contributed by atoms with van der Waals surface area (Å²) in [5.41, 5.74) is 4.76. The molecule has 1 amide bonds. The zero-order valence-corrected chi connectivity index (χ0v) is 14.6. The lowest BCUT2D eigenvalue weighted by Gasteiger charge is -2.24. The fourth-order valence-corrected chi connectivity index (χ4v) is 3.89. The van der Waals surface area contributed by atoms with Crippen molar-refractivity contribution in [2.24, 2.45) is 0 Å². The van der Waals surface area contributed by atoms with Gasteiger partial charge in [0.15, 0.2) is 0 Å². The zero-order valence-electron chi connectivity index (χ0n) is 13.8. The number of nitrogens with one attached hydrogen (secondary N) is 2. The van der Waals surface area contributed by atoms with Gasteiger partial charge in [0.25, 0.3) is 5.91 Å². The smallest absolute Gasteiger partial charge is 0.256 e. The molecule has 25 heavy (non-hydrogen) atoms. The molecule has 1 atom stereocenters. The van der Waals surface area contributed by atoms with Crippen molar-refractivity contribution >= 4 is 28.4 Å². The minimum atomic E-state index is -0.595. The second kappa shape index (κ2) is 6.19. The third-order valence-electron chi connectivity index (χ3n) is 4.87. The molecule has 0 radical (unpaired) electrons. The molecule has 1 aromatic heterocycles. The summed E-state index contributed by atoms with van der Waals surface area (Å²) in [5, 5.41) is 4.33. The van der Waals surface area contributed by atoms with E-state index in [1.165, 1.54) is 34.7 Å². The number of halogens is 2. The minimum absolute atomic E-state index is 0.0372.